The van der Waals surface area contributed by atoms with E-state index in [2.05, 4.69) is 5.32 Å². The molecule has 1 aromatic carbocycles. The van der Waals surface area contributed by atoms with Gasteiger partial charge in [0.25, 0.3) is 5.69 Å². The second-order valence-electron chi connectivity index (χ2n) is 4.16. The molecule has 7 nitrogen and oxygen atoms in total. The molecule has 0 saturated heterocycles. The Kier molecular flexibility index (Phi) is 3.69. The standard InChI is InChI=1S/C13H12N2O5/c1-8-2-4-10(20-8)7-14-9-3-5-11(13(16)17)12(6-9)15(18)19/h2-6,14H,7H2,1H3,(H,16,17). The molecule has 0 aliphatic carbocycles. The number of nitro groups is 1. The van der Waals surface area contributed by atoms with Gasteiger partial charge in [-0.1, -0.05) is 0 Å². The van der Waals surface area contributed by atoms with Gasteiger partial charge in [-0.25, -0.2) is 4.79 Å². The second kappa shape index (κ2) is 5.43. The van der Waals surface area contributed by atoms with E-state index in [0.29, 0.717) is 18.0 Å². The van der Waals surface area contributed by atoms with Crippen molar-refractivity contribution in [1.29, 1.82) is 0 Å². The highest BCUT2D eigenvalue weighted by Gasteiger charge is 2.19. The number of furan rings is 1. The van der Waals surface area contributed by atoms with Crippen LogP contribution < -0.4 is 5.32 Å². The predicted molar refractivity (Wildman–Crippen MR) is 70.8 cm³/mol. The van der Waals surface area contributed by atoms with Crippen LogP contribution in [0.5, 0.6) is 0 Å². The maximum Gasteiger partial charge on any atom is 0.342 e. The van der Waals surface area contributed by atoms with Crippen LogP contribution in [0.1, 0.15) is 21.9 Å². The molecule has 1 aromatic heterocycles. The number of nitro benzene ring substituents is 1. The minimum absolute atomic E-state index is 0.339. The highest BCUT2D eigenvalue weighted by Crippen LogP contribution is 2.23. The van der Waals surface area contributed by atoms with Crippen molar-refractivity contribution in [3.63, 3.8) is 0 Å². The van der Waals surface area contributed by atoms with Crippen LogP contribution in [0, 0.1) is 17.0 Å². The van der Waals surface area contributed by atoms with E-state index in [4.69, 9.17) is 9.52 Å². The lowest BCUT2D eigenvalue weighted by molar-refractivity contribution is -0.385. The molecule has 7 heteroatoms. The van der Waals surface area contributed by atoms with Crippen molar-refractivity contribution in [2.75, 3.05) is 5.32 Å². The van der Waals surface area contributed by atoms with Crippen LogP contribution in [0.3, 0.4) is 0 Å². The van der Waals surface area contributed by atoms with Gasteiger partial charge in [0.05, 0.1) is 11.5 Å². The summed E-state index contributed by atoms with van der Waals surface area (Å²) in [5, 5.41) is 22.7. The number of carboxylic acids is 1. The summed E-state index contributed by atoms with van der Waals surface area (Å²) in [7, 11) is 0. The van der Waals surface area contributed by atoms with Crippen molar-refractivity contribution in [1.82, 2.24) is 0 Å². The molecule has 0 fully saturated rings. The summed E-state index contributed by atoms with van der Waals surface area (Å²) in [4.78, 5) is 21.0. The van der Waals surface area contributed by atoms with E-state index in [-0.39, 0.29) is 5.56 Å². The van der Waals surface area contributed by atoms with Crippen molar-refractivity contribution in [2.45, 2.75) is 13.5 Å². The first-order valence-electron chi connectivity index (χ1n) is 5.78. The monoisotopic (exact) mass is 276 g/mol. The van der Waals surface area contributed by atoms with E-state index in [0.717, 1.165) is 5.76 Å². The van der Waals surface area contributed by atoms with Gasteiger partial charge in [0, 0.05) is 11.8 Å². The zero-order chi connectivity index (χ0) is 14.7. The fourth-order valence-corrected chi connectivity index (χ4v) is 1.74. The van der Waals surface area contributed by atoms with Crippen LogP contribution in [-0.4, -0.2) is 16.0 Å². The number of nitrogens with zero attached hydrogens (tertiary/aromatic N) is 1. The molecule has 0 spiro atoms. The number of hydrogen-bond donors (Lipinski definition) is 2. The van der Waals surface area contributed by atoms with Crippen LogP contribution in [-0.2, 0) is 6.54 Å². The van der Waals surface area contributed by atoms with Crippen molar-refractivity contribution in [3.8, 4) is 0 Å². The van der Waals surface area contributed by atoms with Gasteiger partial charge in [-0.05, 0) is 31.2 Å². The van der Waals surface area contributed by atoms with Gasteiger partial charge >= 0.3 is 5.97 Å². The number of anilines is 1. The SMILES string of the molecule is Cc1ccc(CNc2ccc(C(=O)O)c([N+](=O)[O-])c2)o1. The van der Waals surface area contributed by atoms with E-state index in [1.807, 2.05) is 13.0 Å². The predicted octanol–water partition coefficient (Wildman–Crippen LogP) is 2.81. The van der Waals surface area contributed by atoms with Crippen LogP contribution in [0.4, 0.5) is 11.4 Å². The summed E-state index contributed by atoms with van der Waals surface area (Å²) < 4.78 is 5.35. The second-order valence-corrected chi connectivity index (χ2v) is 4.16. The summed E-state index contributed by atoms with van der Waals surface area (Å²) in [6.45, 7) is 2.17. The molecule has 20 heavy (non-hydrogen) atoms. The fraction of sp³-hybridized carbons (Fsp3) is 0.154. The Balaban J connectivity index is 2.18. The Labute approximate surface area is 114 Å². The highest BCUT2D eigenvalue weighted by molar-refractivity contribution is 5.93. The van der Waals surface area contributed by atoms with Crippen LogP contribution in [0.15, 0.2) is 34.7 Å². The van der Waals surface area contributed by atoms with Crippen LogP contribution >= 0.6 is 0 Å². The number of benzene rings is 1. The van der Waals surface area contributed by atoms with Gasteiger partial charge in [0.1, 0.15) is 17.1 Å². The minimum atomic E-state index is -1.33. The third-order valence-corrected chi connectivity index (χ3v) is 2.69. The summed E-state index contributed by atoms with van der Waals surface area (Å²) >= 11 is 0. The van der Waals surface area contributed by atoms with Gasteiger partial charge in [0.15, 0.2) is 0 Å². The molecule has 1 heterocycles. The first-order chi connectivity index (χ1) is 9.47. The van der Waals surface area contributed by atoms with E-state index < -0.39 is 16.6 Å². The Hall–Kier alpha value is -2.83. The summed E-state index contributed by atoms with van der Waals surface area (Å²) in [6, 6.07) is 7.48. The van der Waals surface area contributed by atoms with E-state index in [1.165, 1.54) is 18.2 Å². The number of rotatable bonds is 5. The Morgan fingerprint density at radius 2 is 2.15 bits per heavy atom. The number of aromatic carboxylic acids is 1. The first kappa shape index (κ1) is 13.6. The van der Waals surface area contributed by atoms with Crippen molar-refractivity contribution >= 4 is 17.3 Å². The summed E-state index contributed by atoms with van der Waals surface area (Å²) in [5.74, 6) is 0.131. The third-order valence-electron chi connectivity index (χ3n) is 2.69. The largest absolute Gasteiger partial charge is 0.477 e. The molecule has 0 atom stereocenters. The van der Waals surface area contributed by atoms with Gasteiger partial charge in [-0.15, -0.1) is 0 Å². The van der Waals surface area contributed by atoms with Crippen molar-refractivity contribution < 1.29 is 19.2 Å². The topological polar surface area (TPSA) is 106 Å². The molecular formula is C13H12N2O5. The van der Waals surface area contributed by atoms with Crippen LogP contribution in [0.2, 0.25) is 0 Å². The molecule has 0 bridgehead atoms. The van der Waals surface area contributed by atoms with E-state index in [1.54, 1.807) is 6.07 Å². The average Bonchev–Trinajstić information content (AvgIpc) is 2.81. The minimum Gasteiger partial charge on any atom is -0.477 e. The van der Waals surface area contributed by atoms with Gasteiger partial charge < -0.3 is 14.8 Å². The number of hydrogen-bond acceptors (Lipinski definition) is 5. The molecular weight excluding hydrogens is 264 g/mol. The Morgan fingerprint density at radius 3 is 2.70 bits per heavy atom. The van der Waals surface area contributed by atoms with Gasteiger partial charge in [0.2, 0.25) is 0 Å². The fourth-order valence-electron chi connectivity index (χ4n) is 1.74. The molecule has 2 N–H and O–H groups in total. The summed E-state index contributed by atoms with van der Waals surface area (Å²) in [6.07, 6.45) is 0. The molecule has 0 amide bonds. The third kappa shape index (κ3) is 2.94. The number of carbonyl (C=O) groups is 1. The van der Waals surface area contributed by atoms with E-state index >= 15 is 0 Å². The van der Waals surface area contributed by atoms with Crippen molar-refractivity contribution in [3.05, 3.63) is 57.5 Å². The zero-order valence-electron chi connectivity index (χ0n) is 10.6. The lowest BCUT2D eigenvalue weighted by Crippen LogP contribution is -2.04. The highest BCUT2D eigenvalue weighted by atomic mass is 16.6. The van der Waals surface area contributed by atoms with Crippen LogP contribution in [0.25, 0.3) is 0 Å². The van der Waals surface area contributed by atoms with Crippen molar-refractivity contribution in [2.24, 2.45) is 0 Å². The Bertz CT molecular complexity index is 663. The number of nitrogens with one attached hydrogen (secondary N) is 1. The number of carboxylic acid groups (broad SMARTS) is 1. The Morgan fingerprint density at radius 1 is 1.40 bits per heavy atom. The van der Waals surface area contributed by atoms with Gasteiger partial charge in [-0.2, -0.15) is 0 Å². The maximum atomic E-state index is 10.9. The average molecular weight is 276 g/mol. The molecule has 0 aliphatic heterocycles. The molecule has 0 radical (unpaired) electrons. The van der Waals surface area contributed by atoms with E-state index in [9.17, 15) is 14.9 Å². The molecule has 0 unspecified atom stereocenters. The summed E-state index contributed by atoms with van der Waals surface area (Å²) in [5.41, 5.74) is -0.330. The first-order valence-corrected chi connectivity index (χ1v) is 5.78. The maximum absolute atomic E-state index is 10.9. The molecule has 104 valence electrons. The smallest absolute Gasteiger partial charge is 0.342 e. The molecule has 2 rings (SSSR count). The quantitative estimate of drug-likeness (QED) is 0.642. The molecule has 0 saturated carbocycles. The zero-order valence-corrected chi connectivity index (χ0v) is 10.6. The lowest BCUT2D eigenvalue weighted by Gasteiger charge is -2.05. The molecule has 2 aromatic rings. The molecule has 0 aliphatic rings. The number of aryl methyl sites for hydroxylation is 1. The van der Waals surface area contributed by atoms with Gasteiger partial charge in [-0.3, -0.25) is 10.1 Å². The normalized spacial score (nSPS) is 10.2. The lowest BCUT2D eigenvalue weighted by atomic mass is 10.1.